The van der Waals surface area contributed by atoms with Gasteiger partial charge in [-0.25, -0.2) is 9.97 Å². The first-order valence-electron chi connectivity index (χ1n) is 8.04. The molecule has 0 bridgehead atoms. The Kier molecular flexibility index (Phi) is 4.17. The molecular formula is C17H23N3OS. The van der Waals surface area contributed by atoms with Crippen molar-refractivity contribution in [3.05, 3.63) is 22.0 Å². The van der Waals surface area contributed by atoms with E-state index in [1.165, 1.54) is 24.2 Å². The van der Waals surface area contributed by atoms with Crippen LogP contribution < -0.4 is 0 Å². The predicted octanol–water partition coefficient (Wildman–Crippen LogP) is 3.88. The number of rotatable bonds is 5. The molecule has 22 heavy (non-hydrogen) atoms. The van der Waals surface area contributed by atoms with Gasteiger partial charge in [-0.05, 0) is 51.5 Å². The summed E-state index contributed by atoms with van der Waals surface area (Å²) in [7, 11) is 0. The first-order chi connectivity index (χ1) is 10.5. The summed E-state index contributed by atoms with van der Waals surface area (Å²) in [5.74, 6) is 1.66. The molecule has 2 heterocycles. The zero-order valence-electron chi connectivity index (χ0n) is 13.8. The van der Waals surface area contributed by atoms with Crippen LogP contribution in [0, 0.1) is 26.7 Å². The summed E-state index contributed by atoms with van der Waals surface area (Å²) < 4.78 is 0. The minimum absolute atomic E-state index is 0.173. The molecule has 0 atom stereocenters. The normalized spacial score (nSPS) is 14.5. The number of aryl methyl sites for hydroxylation is 3. The van der Waals surface area contributed by atoms with Crippen LogP contribution in [0.1, 0.15) is 52.9 Å². The fourth-order valence-corrected chi connectivity index (χ4v) is 4.22. The zero-order chi connectivity index (χ0) is 15.9. The van der Waals surface area contributed by atoms with Gasteiger partial charge in [-0.1, -0.05) is 6.92 Å². The van der Waals surface area contributed by atoms with Gasteiger partial charge in [0.05, 0.1) is 4.88 Å². The molecule has 0 radical (unpaired) electrons. The fraction of sp³-hybridized carbons (Fsp3) is 0.588. The second-order valence-corrected chi connectivity index (χ2v) is 7.29. The van der Waals surface area contributed by atoms with Crippen molar-refractivity contribution >= 4 is 27.5 Å². The predicted molar refractivity (Wildman–Crippen MR) is 90.5 cm³/mol. The molecule has 0 saturated heterocycles. The quantitative estimate of drug-likeness (QED) is 0.840. The smallest absolute Gasteiger partial charge is 0.264 e. The van der Waals surface area contributed by atoms with E-state index in [-0.39, 0.29) is 5.91 Å². The van der Waals surface area contributed by atoms with Crippen LogP contribution in [0.3, 0.4) is 0 Å². The standard InChI is InChI=1S/C17H23N3OS/c1-5-8-20(9-13-6-7-13)17(21)15-10(2)14-11(3)18-12(4)19-16(14)22-15/h13H,5-9H2,1-4H3. The van der Waals surface area contributed by atoms with Crippen molar-refractivity contribution in [2.45, 2.75) is 47.0 Å². The van der Waals surface area contributed by atoms with Gasteiger partial charge in [0.15, 0.2) is 0 Å². The third-order valence-corrected chi connectivity index (χ3v) is 5.41. The van der Waals surface area contributed by atoms with Crippen molar-refractivity contribution in [1.82, 2.24) is 14.9 Å². The maximum Gasteiger partial charge on any atom is 0.264 e. The number of nitrogens with zero attached hydrogens (tertiary/aromatic N) is 3. The zero-order valence-corrected chi connectivity index (χ0v) is 14.6. The summed E-state index contributed by atoms with van der Waals surface area (Å²) in [5, 5.41) is 1.06. The molecule has 4 nitrogen and oxygen atoms in total. The van der Waals surface area contributed by atoms with E-state index in [9.17, 15) is 4.79 Å². The van der Waals surface area contributed by atoms with Crippen LogP contribution in [0.15, 0.2) is 0 Å². The highest BCUT2D eigenvalue weighted by Crippen LogP contribution is 2.34. The Labute approximate surface area is 135 Å². The molecule has 0 aromatic carbocycles. The molecule has 1 aliphatic rings. The van der Waals surface area contributed by atoms with Gasteiger partial charge in [-0.3, -0.25) is 4.79 Å². The van der Waals surface area contributed by atoms with Crippen molar-refractivity contribution in [3.63, 3.8) is 0 Å². The van der Waals surface area contributed by atoms with Gasteiger partial charge in [0.25, 0.3) is 5.91 Å². The Bertz CT molecular complexity index is 718. The lowest BCUT2D eigenvalue weighted by Gasteiger charge is -2.21. The van der Waals surface area contributed by atoms with Crippen molar-refractivity contribution in [2.75, 3.05) is 13.1 Å². The van der Waals surface area contributed by atoms with Crippen LogP contribution in [0.25, 0.3) is 10.2 Å². The monoisotopic (exact) mass is 317 g/mol. The molecule has 2 aromatic heterocycles. The number of hydrogen-bond acceptors (Lipinski definition) is 4. The number of thiophene rings is 1. The number of carbonyl (C=O) groups is 1. The number of fused-ring (bicyclic) bond motifs is 1. The lowest BCUT2D eigenvalue weighted by Crippen LogP contribution is -2.33. The molecule has 1 saturated carbocycles. The highest BCUT2D eigenvalue weighted by molar-refractivity contribution is 7.20. The summed E-state index contributed by atoms with van der Waals surface area (Å²) in [5.41, 5.74) is 2.01. The van der Waals surface area contributed by atoms with Crippen molar-refractivity contribution < 1.29 is 4.79 Å². The highest BCUT2D eigenvalue weighted by Gasteiger charge is 2.29. The van der Waals surface area contributed by atoms with Gasteiger partial charge in [0.2, 0.25) is 0 Å². The van der Waals surface area contributed by atoms with E-state index in [0.29, 0.717) is 5.92 Å². The van der Waals surface area contributed by atoms with Gasteiger partial charge in [0, 0.05) is 24.2 Å². The average Bonchev–Trinajstić information content (AvgIpc) is 3.20. The van der Waals surface area contributed by atoms with Crippen LogP contribution in [0.5, 0.6) is 0 Å². The summed E-state index contributed by atoms with van der Waals surface area (Å²) in [4.78, 5) is 25.7. The molecule has 0 N–H and O–H groups in total. The Balaban J connectivity index is 1.98. The van der Waals surface area contributed by atoms with Crippen molar-refractivity contribution in [2.24, 2.45) is 5.92 Å². The number of amides is 1. The number of aromatic nitrogens is 2. The summed E-state index contributed by atoms with van der Waals surface area (Å²) in [6.07, 6.45) is 3.53. The van der Waals surface area contributed by atoms with E-state index < -0.39 is 0 Å². The summed E-state index contributed by atoms with van der Waals surface area (Å²) in [6.45, 7) is 9.80. The van der Waals surface area contributed by atoms with E-state index in [2.05, 4.69) is 16.9 Å². The maximum atomic E-state index is 13.0. The second-order valence-electron chi connectivity index (χ2n) is 6.29. The van der Waals surface area contributed by atoms with E-state index in [0.717, 1.165) is 51.7 Å². The second kappa shape index (κ2) is 5.95. The van der Waals surface area contributed by atoms with Crippen LogP contribution in [0.2, 0.25) is 0 Å². The molecule has 1 amide bonds. The van der Waals surface area contributed by atoms with E-state index in [1.54, 1.807) is 0 Å². The highest BCUT2D eigenvalue weighted by atomic mass is 32.1. The molecule has 0 aliphatic heterocycles. The first-order valence-corrected chi connectivity index (χ1v) is 8.86. The molecule has 0 unspecified atom stereocenters. The van der Waals surface area contributed by atoms with E-state index in [1.807, 2.05) is 25.7 Å². The Morgan fingerprint density at radius 3 is 2.64 bits per heavy atom. The Morgan fingerprint density at radius 2 is 2.00 bits per heavy atom. The summed E-state index contributed by atoms with van der Waals surface area (Å²) >= 11 is 1.52. The molecule has 1 aliphatic carbocycles. The van der Waals surface area contributed by atoms with Crippen molar-refractivity contribution in [3.8, 4) is 0 Å². The topological polar surface area (TPSA) is 46.1 Å². The molecule has 118 valence electrons. The number of carbonyl (C=O) groups excluding carboxylic acids is 1. The average molecular weight is 317 g/mol. The van der Waals surface area contributed by atoms with E-state index >= 15 is 0 Å². The Hall–Kier alpha value is -1.49. The lowest BCUT2D eigenvalue weighted by atomic mass is 10.1. The van der Waals surface area contributed by atoms with Crippen LogP contribution in [-0.2, 0) is 0 Å². The molecular weight excluding hydrogens is 294 g/mol. The maximum absolute atomic E-state index is 13.0. The minimum Gasteiger partial charge on any atom is -0.338 e. The summed E-state index contributed by atoms with van der Waals surface area (Å²) in [6, 6.07) is 0. The van der Waals surface area contributed by atoms with Gasteiger partial charge < -0.3 is 4.90 Å². The number of hydrogen-bond donors (Lipinski definition) is 0. The Morgan fingerprint density at radius 1 is 1.27 bits per heavy atom. The van der Waals surface area contributed by atoms with Crippen LogP contribution in [0.4, 0.5) is 0 Å². The molecule has 2 aromatic rings. The minimum atomic E-state index is 0.173. The largest absolute Gasteiger partial charge is 0.338 e. The SMILES string of the molecule is CCCN(CC1CC1)C(=O)c1sc2nc(C)nc(C)c2c1C. The van der Waals surface area contributed by atoms with Crippen LogP contribution >= 0.6 is 11.3 Å². The molecule has 5 heteroatoms. The first kappa shape index (κ1) is 15.4. The van der Waals surface area contributed by atoms with Crippen LogP contribution in [-0.4, -0.2) is 33.9 Å². The van der Waals surface area contributed by atoms with Gasteiger partial charge >= 0.3 is 0 Å². The van der Waals surface area contributed by atoms with Gasteiger partial charge in [0.1, 0.15) is 10.7 Å². The molecule has 1 fully saturated rings. The molecule has 3 rings (SSSR count). The third-order valence-electron chi connectivity index (χ3n) is 4.23. The van der Waals surface area contributed by atoms with Crippen molar-refractivity contribution in [1.29, 1.82) is 0 Å². The van der Waals surface area contributed by atoms with Gasteiger partial charge in [-0.15, -0.1) is 11.3 Å². The lowest BCUT2D eigenvalue weighted by molar-refractivity contribution is 0.0752. The fourth-order valence-electron chi connectivity index (χ4n) is 2.98. The van der Waals surface area contributed by atoms with Gasteiger partial charge in [-0.2, -0.15) is 0 Å². The van der Waals surface area contributed by atoms with E-state index in [4.69, 9.17) is 0 Å². The third kappa shape index (κ3) is 2.86. The molecule has 0 spiro atoms.